The third-order valence-corrected chi connectivity index (χ3v) is 6.48. The summed E-state index contributed by atoms with van der Waals surface area (Å²) in [6.45, 7) is 1.82. The predicted octanol–water partition coefficient (Wildman–Crippen LogP) is 5.60. The molecule has 34 heavy (non-hydrogen) atoms. The average Bonchev–Trinajstić information content (AvgIpc) is 3.45. The monoisotopic (exact) mass is 470 g/mol. The second-order valence-corrected chi connectivity index (χ2v) is 8.58. The van der Waals surface area contributed by atoms with Crippen LogP contribution >= 0.6 is 11.3 Å². The molecule has 0 aliphatic carbocycles. The standard InChI is InChI=1S/C26H22N4O3S/c1-16(27-20-15-18(32-2)13-14-21(20)33-3)23-24(17-9-5-4-6-10-17)29-30(25(23)31)26-28-19-11-7-8-12-22(19)34-26/h4-15,29H,1-3H3. The summed E-state index contributed by atoms with van der Waals surface area (Å²) in [5.74, 6) is 1.24. The molecule has 170 valence electrons. The number of hydrogen-bond donors (Lipinski definition) is 1. The highest BCUT2D eigenvalue weighted by Crippen LogP contribution is 2.33. The van der Waals surface area contributed by atoms with E-state index in [9.17, 15) is 4.79 Å². The molecule has 0 radical (unpaired) electrons. The van der Waals surface area contributed by atoms with E-state index in [1.807, 2.05) is 61.5 Å². The van der Waals surface area contributed by atoms with Crippen LogP contribution in [0.1, 0.15) is 12.5 Å². The molecule has 0 aliphatic heterocycles. The molecule has 0 unspecified atom stereocenters. The van der Waals surface area contributed by atoms with Gasteiger partial charge in [-0.3, -0.25) is 9.89 Å². The number of para-hydroxylation sites is 1. The number of benzene rings is 3. The first-order valence-corrected chi connectivity index (χ1v) is 11.4. The second kappa shape index (κ2) is 8.99. The van der Waals surface area contributed by atoms with Gasteiger partial charge in [0.15, 0.2) is 0 Å². The summed E-state index contributed by atoms with van der Waals surface area (Å²) in [6, 6.07) is 22.9. The Kier molecular flexibility index (Phi) is 5.73. The molecular weight excluding hydrogens is 448 g/mol. The molecule has 0 aliphatic rings. The maximum atomic E-state index is 13.7. The molecule has 3 aromatic carbocycles. The number of aromatic amines is 1. The maximum Gasteiger partial charge on any atom is 0.283 e. The molecule has 1 N–H and O–H groups in total. The first-order chi connectivity index (χ1) is 16.6. The van der Waals surface area contributed by atoms with E-state index in [1.54, 1.807) is 32.4 Å². The molecule has 0 saturated carbocycles. The molecule has 0 spiro atoms. The molecule has 8 heteroatoms. The number of nitrogens with zero attached hydrogens (tertiary/aromatic N) is 3. The van der Waals surface area contributed by atoms with Gasteiger partial charge in [-0.05, 0) is 31.2 Å². The second-order valence-electron chi connectivity index (χ2n) is 7.57. The number of aliphatic imine (C=N–C) groups is 1. The quantitative estimate of drug-likeness (QED) is 0.328. The van der Waals surface area contributed by atoms with Crippen molar-refractivity contribution in [3.63, 3.8) is 0 Å². The number of aromatic nitrogens is 3. The number of methoxy groups -OCH3 is 2. The van der Waals surface area contributed by atoms with Crippen LogP contribution in [0, 0.1) is 0 Å². The van der Waals surface area contributed by atoms with Gasteiger partial charge in [0.2, 0.25) is 5.13 Å². The molecule has 2 aromatic heterocycles. The molecule has 0 bridgehead atoms. The van der Waals surface area contributed by atoms with Gasteiger partial charge in [-0.15, -0.1) is 0 Å². The van der Waals surface area contributed by atoms with E-state index >= 15 is 0 Å². The zero-order valence-corrected chi connectivity index (χ0v) is 19.7. The van der Waals surface area contributed by atoms with Gasteiger partial charge in [-0.1, -0.05) is 53.8 Å². The molecule has 7 nitrogen and oxygen atoms in total. The predicted molar refractivity (Wildman–Crippen MR) is 136 cm³/mol. The van der Waals surface area contributed by atoms with E-state index in [1.165, 1.54) is 16.0 Å². The fourth-order valence-corrected chi connectivity index (χ4v) is 4.72. The molecule has 0 atom stereocenters. The molecule has 0 fully saturated rings. The van der Waals surface area contributed by atoms with E-state index in [-0.39, 0.29) is 5.56 Å². The number of ether oxygens (including phenoxy) is 2. The van der Waals surface area contributed by atoms with Crippen LogP contribution in [0.2, 0.25) is 0 Å². The Morgan fingerprint density at radius 3 is 2.50 bits per heavy atom. The number of H-pyrrole nitrogens is 1. The van der Waals surface area contributed by atoms with Crippen molar-refractivity contribution in [3.05, 3.63) is 88.7 Å². The van der Waals surface area contributed by atoms with Gasteiger partial charge in [0.25, 0.3) is 5.56 Å². The largest absolute Gasteiger partial charge is 0.497 e. The Labute approximate surface area is 199 Å². The average molecular weight is 471 g/mol. The number of fused-ring (bicyclic) bond motifs is 1. The van der Waals surface area contributed by atoms with Crippen LogP contribution in [-0.4, -0.2) is 34.7 Å². The van der Waals surface area contributed by atoms with Crippen molar-refractivity contribution in [2.75, 3.05) is 14.2 Å². The number of thiazole rings is 1. The molecule has 5 aromatic rings. The van der Waals surface area contributed by atoms with Crippen molar-refractivity contribution in [2.45, 2.75) is 6.92 Å². The minimum atomic E-state index is -0.221. The normalized spacial score (nSPS) is 11.7. The third-order valence-electron chi connectivity index (χ3n) is 5.46. The molecule has 2 heterocycles. The van der Waals surface area contributed by atoms with E-state index in [0.29, 0.717) is 39.3 Å². The Morgan fingerprint density at radius 2 is 1.76 bits per heavy atom. The lowest BCUT2D eigenvalue weighted by Crippen LogP contribution is -2.19. The summed E-state index contributed by atoms with van der Waals surface area (Å²) in [4.78, 5) is 23.1. The Morgan fingerprint density at radius 1 is 1.00 bits per heavy atom. The van der Waals surface area contributed by atoms with Gasteiger partial charge in [-0.25, -0.2) is 9.98 Å². The molecule has 0 amide bonds. The zero-order valence-electron chi connectivity index (χ0n) is 18.9. The highest BCUT2D eigenvalue weighted by Gasteiger charge is 2.21. The van der Waals surface area contributed by atoms with Crippen molar-refractivity contribution >= 4 is 33.0 Å². The fourth-order valence-electron chi connectivity index (χ4n) is 3.80. The van der Waals surface area contributed by atoms with Crippen molar-refractivity contribution in [3.8, 4) is 27.9 Å². The lowest BCUT2D eigenvalue weighted by atomic mass is 10.1. The topological polar surface area (TPSA) is 81.5 Å². The van der Waals surface area contributed by atoms with Gasteiger partial charge >= 0.3 is 0 Å². The van der Waals surface area contributed by atoms with Crippen molar-refractivity contribution in [2.24, 2.45) is 4.99 Å². The number of nitrogens with one attached hydrogen (secondary N) is 1. The van der Waals surface area contributed by atoms with Gasteiger partial charge in [0, 0.05) is 11.6 Å². The smallest absolute Gasteiger partial charge is 0.283 e. The van der Waals surface area contributed by atoms with Crippen LogP contribution < -0.4 is 15.0 Å². The van der Waals surface area contributed by atoms with Crippen LogP contribution in [0.5, 0.6) is 11.5 Å². The zero-order chi connectivity index (χ0) is 23.7. The summed E-state index contributed by atoms with van der Waals surface area (Å²) < 4.78 is 13.3. The van der Waals surface area contributed by atoms with Crippen molar-refractivity contribution in [1.82, 2.24) is 14.8 Å². The lowest BCUT2D eigenvalue weighted by Gasteiger charge is -2.08. The van der Waals surface area contributed by atoms with Crippen LogP contribution in [0.25, 0.3) is 26.6 Å². The highest BCUT2D eigenvalue weighted by molar-refractivity contribution is 7.20. The Hall–Kier alpha value is -4.17. The first-order valence-electron chi connectivity index (χ1n) is 10.6. The van der Waals surface area contributed by atoms with E-state index in [0.717, 1.165) is 15.8 Å². The van der Waals surface area contributed by atoms with E-state index < -0.39 is 0 Å². The van der Waals surface area contributed by atoms with Crippen LogP contribution in [-0.2, 0) is 0 Å². The molecular formula is C26H22N4O3S. The van der Waals surface area contributed by atoms with Crippen LogP contribution in [0.3, 0.4) is 0 Å². The van der Waals surface area contributed by atoms with Gasteiger partial charge < -0.3 is 9.47 Å². The van der Waals surface area contributed by atoms with Crippen molar-refractivity contribution < 1.29 is 9.47 Å². The Bertz CT molecular complexity index is 1530. The van der Waals surface area contributed by atoms with E-state index in [2.05, 4.69) is 10.1 Å². The minimum Gasteiger partial charge on any atom is -0.497 e. The van der Waals surface area contributed by atoms with Gasteiger partial charge in [-0.2, -0.15) is 4.68 Å². The third kappa shape index (κ3) is 3.88. The summed E-state index contributed by atoms with van der Waals surface area (Å²) in [7, 11) is 3.18. The van der Waals surface area contributed by atoms with Gasteiger partial charge in [0.05, 0.1) is 41.4 Å². The minimum absolute atomic E-state index is 0.221. The SMILES string of the molecule is COc1ccc(OC)c(N=C(C)c2c(-c3ccccc3)[nH]n(-c3nc4ccccc4s3)c2=O)c1. The van der Waals surface area contributed by atoms with Crippen molar-refractivity contribution in [1.29, 1.82) is 0 Å². The summed E-state index contributed by atoms with van der Waals surface area (Å²) in [5, 5.41) is 3.85. The lowest BCUT2D eigenvalue weighted by molar-refractivity contribution is 0.404. The van der Waals surface area contributed by atoms with Crippen LogP contribution in [0.4, 0.5) is 5.69 Å². The molecule has 5 rings (SSSR count). The van der Waals surface area contributed by atoms with Gasteiger partial charge in [0.1, 0.15) is 17.2 Å². The van der Waals surface area contributed by atoms with Crippen LogP contribution in [0.15, 0.2) is 82.6 Å². The molecule has 0 saturated heterocycles. The summed E-state index contributed by atoms with van der Waals surface area (Å²) >= 11 is 1.45. The fraction of sp³-hybridized carbons (Fsp3) is 0.115. The highest BCUT2D eigenvalue weighted by atomic mass is 32.1. The Balaban J connectivity index is 1.71. The first kappa shape index (κ1) is 21.7. The number of rotatable bonds is 6. The summed E-state index contributed by atoms with van der Waals surface area (Å²) in [5.41, 5.74) is 3.77. The summed E-state index contributed by atoms with van der Waals surface area (Å²) in [6.07, 6.45) is 0. The van der Waals surface area contributed by atoms with E-state index in [4.69, 9.17) is 14.5 Å². The number of hydrogen-bond acceptors (Lipinski definition) is 6. The maximum absolute atomic E-state index is 13.7.